The number of hydrogen-bond acceptors (Lipinski definition) is 6. The zero-order valence-corrected chi connectivity index (χ0v) is 15.4. The van der Waals surface area contributed by atoms with Crippen LogP contribution in [0.2, 0.25) is 0 Å². The molecule has 140 valence electrons. The zero-order valence-electron chi connectivity index (χ0n) is 15.4. The first-order chi connectivity index (χ1) is 12.8. The van der Waals surface area contributed by atoms with Crippen molar-refractivity contribution in [1.82, 2.24) is 25.3 Å². The average molecular weight is 358 g/mol. The molecule has 0 aliphatic carbocycles. The third kappa shape index (κ3) is 4.78. The van der Waals surface area contributed by atoms with Gasteiger partial charge >= 0.3 is 0 Å². The maximum absolute atomic E-state index is 5.54. The van der Waals surface area contributed by atoms with E-state index < -0.39 is 0 Å². The number of guanidine groups is 1. The maximum Gasteiger partial charge on any atom is 0.276 e. The molecule has 1 aliphatic heterocycles. The van der Waals surface area contributed by atoms with Gasteiger partial charge in [0.15, 0.2) is 11.8 Å². The second kappa shape index (κ2) is 9.28. The standard InChI is InChI=1S/C18H26N6O2/c1-3-25-13-14-8-11-24(12-14)18(19-2)21-10-7-16-22-17(26-23-16)15-6-4-5-9-20-15/h4-6,9,14H,3,7-8,10-13H2,1-2H3,(H,19,21). The highest BCUT2D eigenvalue weighted by Crippen LogP contribution is 2.16. The van der Waals surface area contributed by atoms with Gasteiger partial charge in [-0.2, -0.15) is 4.98 Å². The third-order valence-corrected chi connectivity index (χ3v) is 4.34. The fourth-order valence-electron chi connectivity index (χ4n) is 3.01. The van der Waals surface area contributed by atoms with Gasteiger partial charge in [-0.25, -0.2) is 0 Å². The fraction of sp³-hybridized carbons (Fsp3) is 0.556. The van der Waals surface area contributed by atoms with Crippen molar-refractivity contribution in [1.29, 1.82) is 0 Å². The molecule has 2 aromatic rings. The third-order valence-electron chi connectivity index (χ3n) is 4.34. The summed E-state index contributed by atoms with van der Waals surface area (Å²) in [5, 5.41) is 7.41. The monoisotopic (exact) mass is 358 g/mol. The van der Waals surface area contributed by atoms with Gasteiger partial charge < -0.3 is 19.5 Å². The molecule has 8 heteroatoms. The highest BCUT2D eigenvalue weighted by Gasteiger charge is 2.24. The molecule has 1 unspecified atom stereocenters. The molecule has 0 amide bonds. The van der Waals surface area contributed by atoms with E-state index in [9.17, 15) is 0 Å². The van der Waals surface area contributed by atoms with E-state index in [2.05, 4.69) is 30.3 Å². The van der Waals surface area contributed by atoms with Gasteiger partial charge in [0.2, 0.25) is 0 Å². The summed E-state index contributed by atoms with van der Waals surface area (Å²) in [5.41, 5.74) is 0.687. The zero-order chi connectivity index (χ0) is 18.2. The highest BCUT2D eigenvalue weighted by molar-refractivity contribution is 5.80. The molecule has 0 saturated carbocycles. The number of ether oxygens (including phenoxy) is 1. The lowest BCUT2D eigenvalue weighted by Crippen LogP contribution is -2.41. The number of pyridine rings is 1. The molecule has 26 heavy (non-hydrogen) atoms. The van der Waals surface area contributed by atoms with Crippen LogP contribution in [0, 0.1) is 5.92 Å². The van der Waals surface area contributed by atoms with Crippen molar-refractivity contribution in [3.63, 3.8) is 0 Å². The van der Waals surface area contributed by atoms with E-state index in [0.29, 0.717) is 36.3 Å². The number of rotatable bonds is 7. The molecule has 0 aromatic carbocycles. The van der Waals surface area contributed by atoms with Crippen molar-refractivity contribution in [2.24, 2.45) is 10.9 Å². The number of likely N-dealkylation sites (tertiary alicyclic amines) is 1. The van der Waals surface area contributed by atoms with Gasteiger partial charge in [0.25, 0.3) is 5.89 Å². The Labute approximate surface area is 153 Å². The predicted octanol–water partition coefficient (Wildman–Crippen LogP) is 1.61. The van der Waals surface area contributed by atoms with Gasteiger partial charge in [-0.05, 0) is 25.5 Å². The summed E-state index contributed by atoms with van der Waals surface area (Å²) in [5.74, 6) is 2.59. The highest BCUT2D eigenvalue weighted by atomic mass is 16.5. The molecule has 1 saturated heterocycles. The first-order valence-electron chi connectivity index (χ1n) is 9.07. The minimum atomic E-state index is 0.447. The lowest BCUT2D eigenvalue weighted by molar-refractivity contribution is 0.114. The molecule has 1 atom stereocenters. The van der Waals surface area contributed by atoms with Crippen LogP contribution in [-0.2, 0) is 11.2 Å². The van der Waals surface area contributed by atoms with Crippen LogP contribution in [0.4, 0.5) is 0 Å². The second-order valence-corrected chi connectivity index (χ2v) is 6.21. The molecule has 8 nitrogen and oxygen atoms in total. The number of nitrogens with zero attached hydrogens (tertiary/aromatic N) is 5. The Hall–Kier alpha value is -2.48. The van der Waals surface area contributed by atoms with Crippen molar-refractivity contribution in [2.75, 3.05) is 39.9 Å². The summed E-state index contributed by atoms with van der Waals surface area (Å²) < 4.78 is 10.8. The molecule has 0 radical (unpaired) electrons. The van der Waals surface area contributed by atoms with Gasteiger partial charge in [0.05, 0.1) is 6.61 Å². The van der Waals surface area contributed by atoms with Gasteiger partial charge in [-0.1, -0.05) is 11.2 Å². The topological polar surface area (TPSA) is 88.7 Å². The Kier molecular flexibility index (Phi) is 6.54. The summed E-state index contributed by atoms with van der Waals surface area (Å²) in [7, 11) is 1.81. The van der Waals surface area contributed by atoms with Crippen LogP contribution >= 0.6 is 0 Å². The van der Waals surface area contributed by atoms with Crippen LogP contribution < -0.4 is 5.32 Å². The number of nitrogens with one attached hydrogen (secondary N) is 1. The van der Waals surface area contributed by atoms with Crippen molar-refractivity contribution in [3.8, 4) is 11.6 Å². The van der Waals surface area contributed by atoms with Gasteiger partial charge in [-0.15, -0.1) is 0 Å². The Balaban J connectivity index is 1.46. The van der Waals surface area contributed by atoms with E-state index in [1.165, 1.54) is 0 Å². The summed E-state index contributed by atoms with van der Waals surface area (Å²) in [4.78, 5) is 15.3. The summed E-state index contributed by atoms with van der Waals surface area (Å²) in [6, 6.07) is 5.60. The SMILES string of the molecule is CCOCC1CCN(C(=NC)NCCc2noc(-c3ccccn3)n2)C1. The molecule has 1 aliphatic rings. The number of aliphatic imine (C=N–C) groups is 1. The average Bonchev–Trinajstić information content (AvgIpc) is 3.34. The van der Waals surface area contributed by atoms with E-state index in [1.807, 2.05) is 32.2 Å². The molecular weight excluding hydrogens is 332 g/mol. The van der Waals surface area contributed by atoms with E-state index in [0.717, 1.165) is 38.7 Å². The number of hydrogen-bond donors (Lipinski definition) is 1. The molecule has 0 bridgehead atoms. The van der Waals surface area contributed by atoms with Gasteiger partial charge in [0, 0.05) is 51.8 Å². The lowest BCUT2D eigenvalue weighted by atomic mass is 10.1. The summed E-state index contributed by atoms with van der Waals surface area (Å²) >= 11 is 0. The molecule has 1 fully saturated rings. The molecule has 3 rings (SSSR count). The summed E-state index contributed by atoms with van der Waals surface area (Å²) in [6.07, 6.45) is 3.50. The normalized spacial score (nSPS) is 17.7. The molecule has 0 spiro atoms. The minimum absolute atomic E-state index is 0.447. The predicted molar refractivity (Wildman–Crippen MR) is 98.8 cm³/mol. The lowest BCUT2D eigenvalue weighted by Gasteiger charge is -2.21. The van der Waals surface area contributed by atoms with Crippen molar-refractivity contribution < 1.29 is 9.26 Å². The molecular formula is C18H26N6O2. The van der Waals surface area contributed by atoms with Crippen molar-refractivity contribution in [3.05, 3.63) is 30.2 Å². The minimum Gasteiger partial charge on any atom is -0.381 e. The quantitative estimate of drug-likeness (QED) is 0.594. The molecule has 2 aromatic heterocycles. The van der Waals surface area contributed by atoms with E-state index in [1.54, 1.807) is 6.20 Å². The van der Waals surface area contributed by atoms with Crippen molar-refractivity contribution >= 4 is 5.96 Å². The first kappa shape index (κ1) is 18.3. The van der Waals surface area contributed by atoms with E-state index in [4.69, 9.17) is 9.26 Å². The van der Waals surface area contributed by atoms with E-state index >= 15 is 0 Å². The Morgan fingerprint density at radius 2 is 2.38 bits per heavy atom. The Morgan fingerprint density at radius 3 is 3.15 bits per heavy atom. The van der Waals surface area contributed by atoms with Gasteiger partial charge in [-0.3, -0.25) is 9.98 Å². The van der Waals surface area contributed by atoms with Gasteiger partial charge in [0.1, 0.15) is 5.69 Å². The van der Waals surface area contributed by atoms with Crippen LogP contribution in [0.25, 0.3) is 11.6 Å². The first-order valence-corrected chi connectivity index (χ1v) is 9.07. The largest absolute Gasteiger partial charge is 0.381 e. The summed E-state index contributed by atoms with van der Waals surface area (Å²) in [6.45, 7) is 6.30. The Morgan fingerprint density at radius 1 is 1.46 bits per heavy atom. The molecule has 3 heterocycles. The fourth-order valence-corrected chi connectivity index (χ4v) is 3.01. The van der Waals surface area contributed by atoms with E-state index in [-0.39, 0.29) is 0 Å². The van der Waals surface area contributed by atoms with Crippen LogP contribution in [0.1, 0.15) is 19.2 Å². The van der Waals surface area contributed by atoms with Crippen LogP contribution in [0.3, 0.4) is 0 Å². The smallest absolute Gasteiger partial charge is 0.276 e. The van der Waals surface area contributed by atoms with Crippen LogP contribution in [0.5, 0.6) is 0 Å². The number of aromatic nitrogens is 3. The van der Waals surface area contributed by atoms with Crippen LogP contribution in [0.15, 0.2) is 33.9 Å². The Bertz CT molecular complexity index is 703. The maximum atomic E-state index is 5.54. The molecule has 1 N–H and O–H groups in total. The van der Waals surface area contributed by atoms with Crippen LogP contribution in [-0.4, -0.2) is 65.9 Å². The second-order valence-electron chi connectivity index (χ2n) is 6.21. The van der Waals surface area contributed by atoms with Crippen molar-refractivity contribution in [2.45, 2.75) is 19.8 Å².